The molecule has 0 heterocycles. The van der Waals surface area contributed by atoms with Crippen molar-refractivity contribution in [3.05, 3.63) is 82.2 Å². The summed E-state index contributed by atoms with van der Waals surface area (Å²) < 4.78 is 0. The Morgan fingerprint density at radius 1 is 0.944 bits per heavy atom. The first-order valence-corrected chi connectivity index (χ1v) is 6.61. The van der Waals surface area contributed by atoms with Gasteiger partial charge in [0.25, 0.3) is 0 Å². The summed E-state index contributed by atoms with van der Waals surface area (Å²) in [4.78, 5) is 0. The lowest BCUT2D eigenvalue weighted by molar-refractivity contribution is 1.13. The van der Waals surface area contributed by atoms with Gasteiger partial charge in [-0.2, -0.15) is 0 Å². The summed E-state index contributed by atoms with van der Waals surface area (Å²) in [6, 6.07) is 16.7. The smallest absolute Gasteiger partial charge is 0.0450 e. The van der Waals surface area contributed by atoms with E-state index in [1.807, 2.05) is 18.2 Å². The molecule has 1 aliphatic carbocycles. The van der Waals surface area contributed by atoms with Crippen molar-refractivity contribution < 1.29 is 0 Å². The van der Waals surface area contributed by atoms with Crippen LogP contribution >= 0.6 is 11.6 Å². The van der Waals surface area contributed by atoms with E-state index in [1.165, 1.54) is 22.3 Å². The molecule has 18 heavy (non-hydrogen) atoms. The SMILES string of the molecule is CCC1=C(c2ccccc2)c2cccc(Cl)c2[CH]1. The topological polar surface area (TPSA) is 0 Å². The molecule has 1 heteroatoms. The van der Waals surface area contributed by atoms with Gasteiger partial charge in [0.2, 0.25) is 0 Å². The molecule has 0 aromatic heterocycles. The molecule has 0 unspecified atom stereocenters. The highest BCUT2D eigenvalue weighted by Gasteiger charge is 2.23. The number of rotatable bonds is 2. The van der Waals surface area contributed by atoms with Gasteiger partial charge in [0.05, 0.1) is 0 Å². The van der Waals surface area contributed by atoms with Crippen LogP contribution in [0.25, 0.3) is 5.57 Å². The van der Waals surface area contributed by atoms with Crippen LogP contribution in [0.15, 0.2) is 54.1 Å². The van der Waals surface area contributed by atoms with Crippen LogP contribution in [0.4, 0.5) is 0 Å². The average molecular weight is 254 g/mol. The monoisotopic (exact) mass is 253 g/mol. The molecule has 0 saturated carbocycles. The number of benzene rings is 2. The maximum atomic E-state index is 6.29. The second-order valence-corrected chi connectivity index (χ2v) is 4.87. The van der Waals surface area contributed by atoms with Crippen LogP contribution in [0, 0.1) is 6.42 Å². The standard InChI is InChI=1S/C17H14Cl/c1-2-12-11-15-14(9-6-10-16(15)18)17(12)13-7-4-3-5-8-13/h3-11H,2H2,1H3. The van der Waals surface area contributed by atoms with Gasteiger partial charge in [-0.05, 0) is 34.8 Å². The molecular weight excluding hydrogens is 240 g/mol. The Morgan fingerprint density at radius 2 is 1.72 bits per heavy atom. The lowest BCUT2D eigenvalue weighted by Crippen LogP contribution is -1.87. The van der Waals surface area contributed by atoms with Gasteiger partial charge in [-0.1, -0.05) is 66.6 Å². The van der Waals surface area contributed by atoms with Gasteiger partial charge in [0, 0.05) is 11.4 Å². The highest BCUT2D eigenvalue weighted by atomic mass is 35.5. The summed E-state index contributed by atoms with van der Waals surface area (Å²) in [5.41, 5.74) is 6.38. The first-order chi connectivity index (χ1) is 8.81. The third-order valence-corrected chi connectivity index (χ3v) is 3.73. The van der Waals surface area contributed by atoms with Crippen LogP contribution in [0.2, 0.25) is 5.02 Å². The molecule has 0 bridgehead atoms. The molecule has 0 aliphatic heterocycles. The zero-order chi connectivity index (χ0) is 12.5. The van der Waals surface area contributed by atoms with Gasteiger partial charge in [-0.3, -0.25) is 0 Å². The van der Waals surface area contributed by atoms with Crippen molar-refractivity contribution in [3.63, 3.8) is 0 Å². The van der Waals surface area contributed by atoms with Crippen molar-refractivity contribution in [2.45, 2.75) is 13.3 Å². The molecule has 0 spiro atoms. The average Bonchev–Trinajstić information content (AvgIpc) is 2.80. The van der Waals surface area contributed by atoms with Crippen LogP contribution in [0.5, 0.6) is 0 Å². The van der Waals surface area contributed by atoms with Gasteiger partial charge in [0.15, 0.2) is 0 Å². The van der Waals surface area contributed by atoms with E-state index >= 15 is 0 Å². The van der Waals surface area contributed by atoms with Gasteiger partial charge < -0.3 is 0 Å². The van der Waals surface area contributed by atoms with E-state index < -0.39 is 0 Å². The molecule has 0 atom stereocenters. The van der Waals surface area contributed by atoms with Crippen molar-refractivity contribution >= 4 is 17.2 Å². The van der Waals surface area contributed by atoms with E-state index in [1.54, 1.807) is 0 Å². The molecule has 3 rings (SSSR count). The number of allylic oxidation sites excluding steroid dienone is 1. The molecule has 0 fully saturated rings. The zero-order valence-electron chi connectivity index (χ0n) is 10.3. The normalized spacial score (nSPS) is 13.9. The fourth-order valence-corrected chi connectivity index (χ4v) is 2.77. The Kier molecular flexibility index (Phi) is 2.97. The second kappa shape index (κ2) is 4.62. The molecule has 0 saturated heterocycles. The predicted molar refractivity (Wildman–Crippen MR) is 77.6 cm³/mol. The predicted octanol–water partition coefficient (Wildman–Crippen LogP) is 5.12. The minimum absolute atomic E-state index is 0.837. The summed E-state index contributed by atoms with van der Waals surface area (Å²) >= 11 is 6.29. The van der Waals surface area contributed by atoms with E-state index in [-0.39, 0.29) is 0 Å². The molecule has 1 radical (unpaired) electrons. The highest BCUT2D eigenvalue weighted by Crippen LogP contribution is 2.42. The van der Waals surface area contributed by atoms with Crippen LogP contribution < -0.4 is 0 Å². The van der Waals surface area contributed by atoms with Crippen LogP contribution in [-0.4, -0.2) is 0 Å². The number of hydrogen-bond acceptors (Lipinski definition) is 0. The summed E-state index contributed by atoms with van der Waals surface area (Å²) in [6.07, 6.45) is 3.25. The maximum Gasteiger partial charge on any atom is 0.0450 e. The Hall–Kier alpha value is -1.53. The Morgan fingerprint density at radius 3 is 2.44 bits per heavy atom. The molecule has 89 valence electrons. The molecule has 0 nitrogen and oxygen atoms in total. The van der Waals surface area contributed by atoms with Gasteiger partial charge in [0.1, 0.15) is 0 Å². The fourth-order valence-electron chi connectivity index (χ4n) is 2.55. The first kappa shape index (κ1) is 11.6. The number of fused-ring (bicyclic) bond motifs is 1. The van der Waals surface area contributed by atoms with Gasteiger partial charge in [-0.15, -0.1) is 0 Å². The van der Waals surface area contributed by atoms with E-state index in [9.17, 15) is 0 Å². The molecule has 1 aliphatic rings. The Bertz CT molecular complexity index is 609. The van der Waals surface area contributed by atoms with Crippen molar-refractivity contribution in [2.24, 2.45) is 0 Å². The molecule has 2 aromatic rings. The van der Waals surface area contributed by atoms with E-state index in [2.05, 4.69) is 43.7 Å². The Labute approximate surface area is 113 Å². The summed E-state index contributed by atoms with van der Waals surface area (Å²) in [6.45, 7) is 2.19. The highest BCUT2D eigenvalue weighted by molar-refractivity contribution is 6.32. The largest absolute Gasteiger partial charge is 0.0840 e. The van der Waals surface area contributed by atoms with E-state index in [4.69, 9.17) is 11.6 Å². The summed E-state index contributed by atoms with van der Waals surface area (Å²) in [5, 5.41) is 0.837. The lowest BCUT2D eigenvalue weighted by atomic mass is 9.97. The molecule has 2 aromatic carbocycles. The van der Waals surface area contributed by atoms with E-state index in [0.717, 1.165) is 17.0 Å². The Balaban J connectivity index is 2.21. The first-order valence-electron chi connectivity index (χ1n) is 6.23. The van der Waals surface area contributed by atoms with Crippen molar-refractivity contribution in [1.29, 1.82) is 0 Å². The third kappa shape index (κ3) is 1.77. The van der Waals surface area contributed by atoms with Crippen LogP contribution in [0.3, 0.4) is 0 Å². The fraction of sp³-hybridized carbons (Fsp3) is 0.118. The van der Waals surface area contributed by atoms with Crippen LogP contribution in [-0.2, 0) is 0 Å². The third-order valence-electron chi connectivity index (χ3n) is 3.41. The van der Waals surface area contributed by atoms with Crippen molar-refractivity contribution in [3.8, 4) is 0 Å². The van der Waals surface area contributed by atoms with Crippen molar-refractivity contribution in [1.82, 2.24) is 0 Å². The summed E-state index contributed by atoms with van der Waals surface area (Å²) in [7, 11) is 0. The molecular formula is C17H14Cl. The summed E-state index contributed by atoms with van der Waals surface area (Å²) in [5.74, 6) is 0. The zero-order valence-corrected chi connectivity index (χ0v) is 11.0. The second-order valence-electron chi connectivity index (χ2n) is 4.47. The molecule has 0 amide bonds. The number of halogens is 1. The maximum absolute atomic E-state index is 6.29. The minimum atomic E-state index is 0.837. The van der Waals surface area contributed by atoms with Gasteiger partial charge >= 0.3 is 0 Å². The number of hydrogen-bond donors (Lipinski definition) is 0. The molecule has 0 N–H and O–H groups in total. The quantitative estimate of drug-likeness (QED) is 0.697. The minimum Gasteiger partial charge on any atom is -0.0840 e. The lowest BCUT2D eigenvalue weighted by Gasteiger charge is -2.08. The van der Waals surface area contributed by atoms with Crippen LogP contribution in [0.1, 0.15) is 30.0 Å². The van der Waals surface area contributed by atoms with Gasteiger partial charge in [-0.25, -0.2) is 0 Å². The van der Waals surface area contributed by atoms with E-state index in [0.29, 0.717) is 0 Å². The van der Waals surface area contributed by atoms with Crippen molar-refractivity contribution in [2.75, 3.05) is 0 Å².